The van der Waals surface area contributed by atoms with Crippen molar-refractivity contribution in [3.8, 4) is 0 Å². The quantitative estimate of drug-likeness (QED) is 0.790. The minimum absolute atomic E-state index is 0.353. The summed E-state index contributed by atoms with van der Waals surface area (Å²) in [6, 6.07) is 5.87. The molecule has 4 heterocycles. The van der Waals surface area contributed by atoms with Crippen LogP contribution < -0.4 is 14.7 Å². The molecule has 0 bridgehead atoms. The summed E-state index contributed by atoms with van der Waals surface area (Å²) >= 11 is 0. The number of hydrogen-bond donors (Lipinski definition) is 0. The summed E-state index contributed by atoms with van der Waals surface area (Å²) in [7, 11) is 0. The number of piperazine rings is 1. The lowest BCUT2D eigenvalue weighted by atomic mass is 10.2. The van der Waals surface area contributed by atoms with Crippen LogP contribution in [0.3, 0.4) is 0 Å². The van der Waals surface area contributed by atoms with E-state index in [-0.39, 0.29) is 0 Å². The molecule has 0 radical (unpaired) electrons. The number of halogens is 3. The standard InChI is InChI=1S/C18H21F3N6O/c19-18(20,21)14-2-1-3-15(23-14)25-6-8-26(9-7-25)16-4-5-22-17(24-16)27-10-12-28-13-11-27/h1-5H,6-13H2. The van der Waals surface area contributed by atoms with Crippen LogP contribution in [0.5, 0.6) is 0 Å². The molecule has 0 amide bonds. The van der Waals surface area contributed by atoms with Gasteiger partial charge in [-0.05, 0) is 18.2 Å². The Hall–Kier alpha value is -2.62. The van der Waals surface area contributed by atoms with Crippen LogP contribution in [0.2, 0.25) is 0 Å². The molecule has 0 saturated carbocycles. The Bertz CT molecular complexity index is 804. The van der Waals surface area contributed by atoms with Crippen LogP contribution in [0.15, 0.2) is 30.5 Å². The summed E-state index contributed by atoms with van der Waals surface area (Å²) in [6.07, 6.45) is -2.69. The zero-order valence-electron chi connectivity index (χ0n) is 15.3. The second-order valence-corrected chi connectivity index (χ2v) is 6.67. The maximum Gasteiger partial charge on any atom is 0.433 e. The van der Waals surface area contributed by atoms with Crippen LogP contribution in [-0.2, 0) is 10.9 Å². The fourth-order valence-electron chi connectivity index (χ4n) is 3.35. The Labute approximate surface area is 160 Å². The van der Waals surface area contributed by atoms with Gasteiger partial charge in [0.25, 0.3) is 0 Å². The first kappa shape index (κ1) is 18.7. The number of hydrogen-bond acceptors (Lipinski definition) is 7. The lowest BCUT2D eigenvalue weighted by molar-refractivity contribution is -0.141. The van der Waals surface area contributed by atoms with E-state index in [4.69, 9.17) is 4.74 Å². The molecule has 0 unspecified atom stereocenters. The molecule has 2 aliphatic heterocycles. The fraction of sp³-hybridized carbons (Fsp3) is 0.500. The van der Waals surface area contributed by atoms with Crippen LogP contribution in [0.4, 0.5) is 30.8 Å². The first-order valence-electron chi connectivity index (χ1n) is 9.20. The molecule has 0 atom stereocenters. The number of rotatable bonds is 3. The van der Waals surface area contributed by atoms with Crippen LogP contribution in [0.25, 0.3) is 0 Å². The number of morpholine rings is 1. The van der Waals surface area contributed by atoms with Crippen molar-refractivity contribution >= 4 is 17.6 Å². The summed E-state index contributed by atoms with van der Waals surface area (Å²) in [6.45, 7) is 5.30. The van der Waals surface area contributed by atoms with E-state index >= 15 is 0 Å². The van der Waals surface area contributed by atoms with Gasteiger partial charge < -0.3 is 19.4 Å². The van der Waals surface area contributed by atoms with Crippen molar-refractivity contribution in [1.29, 1.82) is 0 Å². The van der Waals surface area contributed by atoms with Crippen molar-refractivity contribution < 1.29 is 17.9 Å². The molecule has 2 aromatic rings. The number of nitrogens with zero attached hydrogens (tertiary/aromatic N) is 6. The Morgan fingerprint density at radius 3 is 2.07 bits per heavy atom. The highest BCUT2D eigenvalue weighted by Crippen LogP contribution is 2.29. The summed E-state index contributed by atoms with van der Waals surface area (Å²) < 4.78 is 44.0. The van der Waals surface area contributed by atoms with Crippen molar-refractivity contribution in [1.82, 2.24) is 15.0 Å². The van der Waals surface area contributed by atoms with Gasteiger partial charge in [0.1, 0.15) is 17.3 Å². The third kappa shape index (κ3) is 4.11. The third-order valence-corrected chi connectivity index (χ3v) is 4.87. The van der Waals surface area contributed by atoms with Crippen LogP contribution in [-0.4, -0.2) is 67.4 Å². The SMILES string of the molecule is FC(F)(F)c1cccc(N2CCN(c3ccnc(N4CCOCC4)n3)CC2)n1. The molecule has 2 aromatic heterocycles. The van der Waals surface area contributed by atoms with E-state index in [9.17, 15) is 13.2 Å². The number of anilines is 3. The molecule has 0 aliphatic carbocycles. The highest BCUT2D eigenvalue weighted by Gasteiger charge is 2.33. The maximum atomic E-state index is 12.9. The zero-order valence-corrected chi connectivity index (χ0v) is 15.3. The Morgan fingerprint density at radius 1 is 0.786 bits per heavy atom. The number of alkyl halides is 3. The van der Waals surface area contributed by atoms with E-state index in [2.05, 4.69) is 24.8 Å². The summed E-state index contributed by atoms with van der Waals surface area (Å²) in [5.74, 6) is 1.86. The zero-order chi connectivity index (χ0) is 19.6. The van der Waals surface area contributed by atoms with Gasteiger partial charge in [0.15, 0.2) is 0 Å². The predicted molar refractivity (Wildman–Crippen MR) is 98.7 cm³/mol. The first-order chi connectivity index (χ1) is 13.5. The Kier molecular flexibility index (Phi) is 5.21. The fourth-order valence-corrected chi connectivity index (χ4v) is 3.35. The number of ether oxygens (including phenoxy) is 1. The smallest absolute Gasteiger partial charge is 0.378 e. The molecule has 150 valence electrons. The normalized spacial score (nSPS) is 18.5. The molecule has 10 heteroatoms. The van der Waals surface area contributed by atoms with E-state index < -0.39 is 11.9 Å². The highest BCUT2D eigenvalue weighted by molar-refractivity contribution is 5.47. The second-order valence-electron chi connectivity index (χ2n) is 6.67. The molecule has 4 rings (SSSR count). The lowest BCUT2D eigenvalue weighted by Crippen LogP contribution is -2.47. The molecule has 0 aromatic carbocycles. The molecular formula is C18H21F3N6O. The van der Waals surface area contributed by atoms with Gasteiger partial charge in [-0.25, -0.2) is 9.97 Å². The molecular weight excluding hydrogens is 373 g/mol. The van der Waals surface area contributed by atoms with E-state index in [0.29, 0.717) is 51.2 Å². The van der Waals surface area contributed by atoms with E-state index in [1.807, 2.05) is 11.0 Å². The van der Waals surface area contributed by atoms with Crippen LogP contribution in [0.1, 0.15) is 5.69 Å². The van der Waals surface area contributed by atoms with Gasteiger partial charge in [0, 0.05) is 45.5 Å². The van der Waals surface area contributed by atoms with E-state index in [0.717, 1.165) is 25.0 Å². The van der Waals surface area contributed by atoms with Crippen molar-refractivity contribution in [3.63, 3.8) is 0 Å². The predicted octanol–water partition coefficient (Wildman–Crippen LogP) is 2.05. The van der Waals surface area contributed by atoms with Gasteiger partial charge in [-0.2, -0.15) is 18.2 Å². The molecule has 0 spiro atoms. The maximum absolute atomic E-state index is 12.9. The van der Waals surface area contributed by atoms with Gasteiger partial charge in [-0.1, -0.05) is 6.07 Å². The van der Waals surface area contributed by atoms with E-state index in [1.165, 1.54) is 6.07 Å². The van der Waals surface area contributed by atoms with Crippen molar-refractivity contribution in [3.05, 3.63) is 36.2 Å². The topological polar surface area (TPSA) is 57.6 Å². The molecule has 2 fully saturated rings. The monoisotopic (exact) mass is 394 g/mol. The second kappa shape index (κ2) is 7.78. The Morgan fingerprint density at radius 2 is 1.43 bits per heavy atom. The molecule has 2 saturated heterocycles. The van der Waals surface area contributed by atoms with Gasteiger partial charge in [-0.3, -0.25) is 0 Å². The summed E-state index contributed by atoms with van der Waals surface area (Å²) in [5.41, 5.74) is -0.863. The van der Waals surface area contributed by atoms with Gasteiger partial charge in [-0.15, -0.1) is 0 Å². The highest BCUT2D eigenvalue weighted by atomic mass is 19.4. The number of pyridine rings is 1. The molecule has 0 N–H and O–H groups in total. The lowest BCUT2D eigenvalue weighted by Gasteiger charge is -2.36. The van der Waals surface area contributed by atoms with E-state index in [1.54, 1.807) is 12.3 Å². The molecule has 28 heavy (non-hydrogen) atoms. The minimum Gasteiger partial charge on any atom is -0.378 e. The molecule has 7 nitrogen and oxygen atoms in total. The largest absolute Gasteiger partial charge is 0.433 e. The molecule has 2 aliphatic rings. The first-order valence-corrected chi connectivity index (χ1v) is 9.20. The van der Waals surface area contributed by atoms with Gasteiger partial charge >= 0.3 is 6.18 Å². The minimum atomic E-state index is -4.44. The van der Waals surface area contributed by atoms with Gasteiger partial charge in [0.05, 0.1) is 13.2 Å². The van der Waals surface area contributed by atoms with Crippen molar-refractivity contribution in [2.45, 2.75) is 6.18 Å². The summed E-state index contributed by atoms with van der Waals surface area (Å²) in [4.78, 5) is 18.9. The van der Waals surface area contributed by atoms with Crippen LogP contribution in [0, 0.1) is 0 Å². The van der Waals surface area contributed by atoms with Crippen molar-refractivity contribution in [2.24, 2.45) is 0 Å². The van der Waals surface area contributed by atoms with Gasteiger partial charge in [0.2, 0.25) is 5.95 Å². The average molecular weight is 394 g/mol. The third-order valence-electron chi connectivity index (χ3n) is 4.87. The van der Waals surface area contributed by atoms with Crippen LogP contribution >= 0.6 is 0 Å². The number of aromatic nitrogens is 3. The van der Waals surface area contributed by atoms with Crippen molar-refractivity contribution in [2.75, 3.05) is 67.2 Å². The summed E-state index contributed by atoms with van der Waals surface area (Å²) in [5, 5.41) is 0. The average Bonchev–Trinajstić information content (AvgIpc) is 2.74. The Balaban J connectivity index is 1.42.